The molecule has 2 N–H and O–H groups in total. The molecule has 2 saturated carbocycles. The molecule has 8 heteroatoms. The molecule has 6 atom stereocenters. The molecule has 3 fully saturated rings. The van der Waals surface area contributed by atoms with E-state index in [0.29, 0.717) is 37.4 Å². The lowest BCUT2D eigenvalue weighted by Gasteiger charge is -2.60. The number of hydrogen-bond acceptors (Lipinski definition) is 6. The number of ether oxygens (including phenoxy) is 2. The lowest BCUT2D eigenvalue weighted by molar-refractivity contribution is -0.220. The number of fused-ring (bicyclic) bond motifs is 4. The van der Waals surface area contributed by atoms with Gasteiger partial charge in [0.15, 0.2) is 6.29 Å². The molecule has 1 unspecified atom stereocenters. The van der Waals surface area contributed by atoms with Crippen molar-refractivity contribution in [2.24, 2.45) is 28.1 Å². The second-order valence-corrected chi connectivity index (χ2v) is 14.8. The first-order valence-corrected chi connectivity index (χ1v) is 16.4. The van der Waals surface area contributed by atoms with Crippen LogP contribution < -0.4 is 0 Å². The van der Waals surface area contributed by atoms with E-state index in [0.717, 1.165) is 37.2 Å². The predicted molar refractivity (Wildman–Crippen MR) is 152 cm³/mol. The Labute approximate surface area is 239 Å². The quantitative estimate of drug-likeness (QED) is 0.320. The number of nitrogens with zero attached hydrogens (tertiary/aromatic N) is 1. The van der Waals surface area contributed by atoms with Gasteiger partial charge in [0.25, 0.3) is 10.1 Å². The summed E-state index contributed by atoms with van der Waals surface area (Å²) in [5.74, 6) is 1.57. The van der Waals surface area contributed by atoms with E-state index in [1.54, 1.807) is 23.3 Å². The number of aryl methyl sites for hydroxylation is 1. The predicted octanol–water partition coefficient (Wildman–Crippen LogP) is 6.36. The van der Waals surface area contributed by atoms with E-state index in [1.165, 1.54) is 37.8 Å². The van der Waals surface area contributed by atoms with Crippen molar-refractivity contribution in [1.29, 1.82) is 5.26 Å². The minimum absolute atomic E-state index is 0.0666. The van der Waals surface area contributed by atoms with Crippen LogP contribution in [-0.4, -0.2) is 43.2 Å². The van der Waals surface area contributed by atoms with E-state index >= 15 is 0 Å². The first kappa shape index (κ1) is 29.7. The Morgan fingerprint density at radius 2 is 1.70 bits per heavy atom. The summed E-state index contributed by atoms with van der Waals surface area (Å²) in [5.41, 5.74) is 3.06. The summed E-state index contributed by atoms with van der Waals surface area (Å²) in [6.45, 7) is 10.2. The Kier molecular flexibility index (Phi) is 7.80. The van der Waals surface area contributed by atoms with Gasteiger partial charge in [-0.25, -0.2) is 0 Å². The van der Waals surface area contributed by atoms with Crippen LogP contribution in [0.5, 0.6) is 0 Å². The van der Waals surface area contributed by atoms with Gasteiger partial charge in [0, 0.05) is 11.8 Å². The topological polar surface area (TPSA) is 117 Å². The maximum absolute atomic E-state index is 11.5. The number of aliphatic hydroxyl groups is 1. The van der Waals surface area contributed by atoms with Crippen molar-refractivity contribution in [3.63, 3.8) is 0 Å². The van der Waals surface area contributed by atoms with Gasteiger partial charge in [0.1, 0.15) is 5.60 Å². The summed E-state index contributed by atoms with van der Waals surface area (Å²) < 4.78 is 41.0. The van der Waals surface area contributed by atoms with Gasteiger partial charge < -0.3 is 14.6 Å². The van der Waals surface area contributed by atoms with Gasteiger partial charge in [-0.05, 0) is 87.7 Å². The zero-order chi connectivity index (χ0) is 29.0. The van der Waals surface area contributed by atoms with Crippen LogP contribution in [-0.2, 0) is 19.6 Å². The number of hydrogen-bond donors (Lipinski definition) is 2. The van der Waals surface area contributed by atoms with Gasteiger partial charge in [-0.3, -0.25) is 4.55 Å². The molecule has 7 nitrogen and oxygen atoms in total. The molecule has 0 spiro atoms. The summed E-state index contributed by atoms with van der Waals surface area (Å²) in [6.07, 6.45) is 9.75. The normalized spacial score (nSPS) is 39.4. The van der Waals surface area contributed by atoms with Crippen LogP contribution in [0.15, 0.2) is 40.3 Å². The second-order valence-electron chi connectivity index (χ2n) is 13.4. The highest BCUT2D eigenvalue weighted by atomic mass is 32.2. The average molecular weight is 572 g/mol. The maximum Gasteiger partial charge on any atom is 0.294 e. The summed E-state index contributed by atoms with van der Waals surface area (Å²) in [6, 6.07) is 8.74. The highest BCUT2D eigenvalue weighted by Gasteiger charge is 2.64. The second kappa shape index (κ2) is 10.5. The smallest absolute Gasteiger partial charge is 0.294 e. The van der Waals surface area contributed by atoms with Crippen molar-refractivity contribution in [2.45, 2.75) is 109 Å². The van der Waals surface area contributed by atoms with Crippen LogP contribution in [0, 0.1) is 46.3 Å². The summed E-state index contributed by atoms with van der Waals surface area (Å²) in [4.78, 5) is -0.0666. The molecular formula is C32H45NO6S. The van der Waals surface area contributed by atoms with Gasteiger partial charge in [0.05, 0.1) is 29.6 Å². The van der Waals surface area contributed by atoms with E-state index < -0.39 is 27.4 Å². The highest BCUT2D eigenvalue weighted by molar-refractivity contribution is 7.85. The number of allylic oxidation sites excluding steroid dienone is 2. The van der Waals surface area contributed by atoms with Gasteiger partial charge >= 0.3 is 0 Å². The van der Waals surface area contributed by atoms with Crippen molar-refractivity contribution in [3.8, 4) is 6.07 Å². The summed E-state index contributed by atoms with van der Waals surface area (Å²) in [7, 11) is -4.02. The Morgan fingerprint density at radius 3 is 2.30 bits per heavy atom. The largest absolute Gasteiger partial charge is 0.385 e. The minimum atomic E-state index is -4.02. The zero-order valence-corrected chi connectivity index (χ0v) is 25.2. The summed E-state index contributed by atoms with van der Waals surface area (Å²) >= 11 is 0. The van der Waals surface area contributed by atoms with Crippen LogP contribution >= 0.6 is 0 Å². The van der Waals surface area contributed by atoms with Crippen molar-refractivity contribution in [1.82, 2.24) is 0 Å². The SMILES string of the molecule is CC[C@H]1CC[C@H]2C3=C(CC[C@]12C)[C@@]1(C)CCC(O)(C2OCCO2)C[C@@]1(C#N)CC3.Cc1ccc(S(=O)(=O)O)cc1. The molecule has 6 rings (SSSR count). The standard InChI is InChI=1S/C25H37NO3.C7H8O3S/c1-4-17-5-6-19-18-7-10-24(16-26)15-25(27,21-28-13-14-29-21)12-11-23(24,3)20(18)8-9-22(17,19)2;1-6-2-4-7(5-3-6)11(8,9)10/h17,19,21,27H,4-15H2,1-3H3;2-5H,1H3,(H,8,9,10)/t17-,19-,22+,23+,24+,25?;/m0./s1. The number of benzene rings is 1. The molecule has 0 aromatic heterocycles. The van der Waals surface area contributed by atoms with Crippen molar-refractivity contribution in [3.05, 3.63) is 41.0 Å². The molecule has 1 aromatic carbocycles. The third-order valence-electron chi connectivity index (χ3n) is 11.5. The van der Waals surface area contributed by atoms with Crippen LogP contribution in [0.25, 0.3) is 0 Å². The Balaban J connectivity index is 0.000000248. The van der Waals surface area contributed by atoms with Crippen LogP contribution in [0.4, 0.5) is 0 Å². The van der Waals surface area contributed by atoms with Crippen molar-refractivity contribution < 1.29 is 27.6 Å². The Morgan fingerprint density at radius 1 is 1.02 bits per heavy atom. The Bertz CT molecular complexity index is 1300. The van der Waals surface area contributed by atoms with Crippen LogP contribution in [0.3, 0.4) is 0 Å². The maximum atomic E-state index is 11.5. The fraction of sp³-hybridized carbons (Fsp3) is 0.719. The van der Waals surface area contributed by atoms with Gasteiger partial charge in [-0.15, -0.1) is 0 Å². The molecule has 0 radical (unpaired) electrons. The van der Waals surface area contributed by atoms with Crippen LogP contribution in [0.2, 0.25) is 0 Å². The highest BCUT2D eigenvalue weighted by Crippen LogP contribution is 2.69. The molecule has 0 bridgehead atoms. The molecule has 1 aromatic rings. The minimum Gasteiger partial charge on any atom is -0.385 e. The van der Waals surface area contributed by atoms with Crippen molar-refractivity contribution >= 4 is 10.1 Å². The Hall–Kier alpha value is -1.76. The molecule has 1 heterocycles. The van der Waals surface area contributed by atoms with E-state index in [4.69, 9.17) is 14.0 Å². The fourth-order valence-corrected chi connectivity index (χ4v) is 9.60. The molecule has 1 saturated heterocycles. The molecular weight excluding hydrogens is 526 g/mol. The van der Waals surface area contributed by atoms with Crippen molar-refractivity contribution in [2.75, 3.05) is 13.2 Å². The molecule has 40 heavy (non-hydrogen) atoms. The number of rotatable bonds is 3. The van der Waals surface area contributed by atoms with E-state index in [9.17, 15) is 18.8 Å². The first-order chi connectivity index (χ1) is 18.8. The lowest BCUT2D eigenvalue weighted by Crippen LogP contribution is -2.58. The van der Waals surface area contributed by atoms with E-state index in [-0.39, 0.29) is 10.3 Å². The van der Waals surface area contributed by atoms with E-state index in [2.05, 4.69) is 26.8 Å². The van der Waals surface area contributed by atoms with Gasteiger partial charge in [-0.2, -0.15) is 13.7 Å². The van der Waals surface area contributed by atoms with Gasteiger partial charge in [-0.1, -0.05) is 56.0 Å². The first-order valence-electron chi connectivity index (χ1n) is 15.0. The molecule has 1 aliphatic heterocycles. The third-order valence-corrected chi connectivity index (χ3v) is 12.4. The molecule has 0 amide bonds. The van der Waals surface area contributed by atoms with Crippen LogP contribution in [0.1, 0.15) is 90.5 Å². The van der Waals surface area contributed by atoms with E-state index in [1.807, 2.05) is 6.92 Å². The lowest BCUT2D eigenvalue weighted by atomic mass is 9.44. The summed E-state index contributed by atoms with van der Waals surface area (Å²) in [5, 5.41) is 21.9. The molecule has 5 aliphatic rings. The zero-order valence-electron chi connectivity index (χ0n) is 24.4. The number of nitriles is 1. The van der Waals surface area contributed by atoms with Gasteiger partial charge in [0.2, 0.25) is 0 Å². The average Bonchev–Trinajstić information content (AvgIpc) is 3.58. The molecule has 4 aliphatic carbocycles. The third kappa shape index (κ3) is 4.76. The molecule has 220 valence electrons. The fourth-order valence-electron chi connectivity index (χ4n) is 9.12. The monoisotopic (exact) mass is 571 g/mol.